The highest BCUT2D eigenvalue weighted by Crippen LogP contribution is 1.93. The summed E-state index contributed by atoms with van der Waals surface area (Å²) in [6.07, 6.45) is 2.62. The average Bonchev–Trinajstić information content (AvgIpc) is 1.63. The van der Waals surface area contributed by atoms with Crippen molar-refractivity contribution in [3.63, 3.8) is 0 Å². The summed E-state index contributed by atoms with van der Waals surface area (Å²) in [6.45, 7) is 3.35. The Morgan fingerprint density at radius 1 is 1.56 bits per heavy atom. The lowest BCUT2D eigenvalue weighted by molar-refractivity contribution is 1.45. The Balaban J connectivity index is 3.74. The summed E-state index contributed by atoms with van der Waals surface area (Å²) in [5.41, 5.74) is 5.02. The predicted octanol–water partition coefficient (Wildman–Crippen LogP) is 1.81. The Bertz CT molecular complexity index is 156. The summed E-state index contributed by atoms with van der Waals surface area (Å²) in [4.78, 5) is 3.59. The molecule has 0 rings (SSSR count). The van der Waals surface area contributed by atoms with Gasteiger partial charge in [-0.1, -0.05) is 29.8 Å². The standard InChI is InChI=1S/C5H6Cl2N2/c1-4(6)2-9-3-5(7)8/h2-3H,1,8H2/b5-3-,9-2-. The summed E-state index contributed by atoms with van der Waals surface area (Å²) in [5.74, 6) is 0. The Morgan fingerprint density at radius 3 is 2.44 bits per heavy atom. The van der Waals surface area contributed by atoms with E-state index in [1.54, 1.807) is 0 Å². The van der Waals surface area contributed by atoms with Gasteiger partial charge in [0.2, 0.25) is 0 Å². The molecule has 0 aliphatic carbocycles. The maximum Gasteiger partial charge on any atom is 0.118 e. The van der Waals surface area contributed by atoms with E-state index in [1.165, 1.54) is 12.4 Å². The molecule has 0 spiro atoms. The SMILES string of the molecule is C=C(Cl)/C=N\C=C(/N)Cl. The fraction of sp³-hybridized carbons (Fsp3) is 0. The zero-order chi connectivity index (χ0) is 7.28. The molecule has 0 atom stereocenters. The number of rotatable bonds is 2. The molecule has 2 nitrogen and oxygen atoms in total. The molecule has 50 valence electrons. The van der Waals surface area contributed by atoms with Crippen molar-refractivity contribution in [1.82, 2.24) is 0 Å². The normalized spacial score (nSPS) is 12.4. The first-order valence-corrected chi connectivity index (χ1v) is 2.87. The summed E-state index contributed by atoms with van der Waals surface area (Å²) >= 11 is 10.5. The highest BCUT2D eigenvalue weighted by Gasteiger charge is 1.76. The minimum Gasteiger partial charge on any atom is -0.388 e. The highest BCUT2D eigenvalue weighted by molar-refractivity contribution is 6.38. The number of aliphatic imine (C=N–C) groups is 1. The quantitative estimate of drug-likeness (QED) is 0.491. The maximum atomic E-state index is 5.30. The molecular formula is C5H6Cl2N2. The number of allylic oxidation sites excluding steroid dienone is 1. The van der Waals surface area contributed by atoms with E-state index in [0.29, 0.717) is 5.03 Å². The van der Waals surface area contributed by atoms with Gasteiger partial charge in [-0.15, -0.1) is 0 Å². The molecule has 0 aromatic rings. The van der Waals surface area contributed by atoms with Gasteiger partial charge in [0, 0.05) is 6.21 Å². The first-order chi connectivity index (χ1) is 4.13. The maximum absolute atomic E-state index is 5.30. The van der Waals surface area contributed by atoms with E-state index in [4.69, 9.17) is 28.9 Å². The van der Waals surface area contributed by atoms with Crippen molar-refractivity contribution in [1.29, 1.82) is 0 Å². The number of nitrogens with zero attached hydrogens (tertiary/aromatic N) is 1. The van der Waals surface area contributed by atoms with Crippen LogP contribution in [-0.4, -0.2) is 6.21 Å². The Labute approximate surface area is 63.7 Å². The summed E-state index contributed by atoms with van der Waals surface area (Å²) in [6, 6.07) is 0. The molecule has 0 heterocycles. The second-order valence-corrected chi connectivity index (χ2v) is 2.16. The van der Waals surface area contributed by atoms with Crippen molar-refractivity contribution in [3.8, 4) is 0 Å². The first kappa shape index (κ1) is 8.53. The Hall–Kier alpha value is -0.470. The lowest BCUT2D eigenvalue weighted by atomic mass is 10.7. The zero-order valence-electron chi connectivity index (χ0n) is 4.64. The van der Waals surface area contributed by atoms with Crippen molar-refractivity contribution in [2.75, 3.05) is 0 Å². The second kappa shape index (κ2) is 4.41. The van der Waals surface area contributed by atoms with E-state index in [1.807, 2.05) is 0 Å². The van der Waals surface area contributed by atoms with Crippen LogP contribution >= 0.6 is 23.2 Å². The molecule has 4 heteroatoms. The smallest absolute Gasteiger partial charge is 0.118 e. The van der Waals surface area contributed by atoms with E-state index in [2.05, 4.69) is 11.6 Å². The third kappa shape index (κ3) is 7.53. The van der Waals surface area contributed by atoms with Crippen molar-refractivity contribution in [2.24, 2.45) is 10.7 Å². The molecular weight excluding hydrogens is 159 g/mol. The van der Waals surface area contributed by atoms with Crippen LogP contribution in [0.5, 0.6) is 0 Å². The van der Waals surface area contributed by atoms with Gasteiger partial charge in [0.15, 0.2) is 0 Å². The fourth-order valence-electron chi connectivity index (χ4n) is 0.189. The largest absolute Gasteiger partial charge is 0.388 e. The summed E-state index contributed by atoms with van der Waals surface area (Å²) < 4.78 is 0. The zero-order valence-corrected chi connectivity index (χ0v) is 6.15. The Morgan fingerprint density at radius 2 is 2.11 bits per heavy atom. The van der Waals surface area contributed by atoms with Crippen LogP contribution in [0.15, 0.2) is 28.0 Å². The van der Waals surface area contributed by atoms with Gasteiger partial charge in [0.25, 0.3) is 0 Å². The molecule has 2 N–H and O–H groups in total. The van der Waals surface area contributed by atoms with Crippen molar-refractivity contribution in [2.45, 2.75) is 0 Å². The number of halogens is 2. The van der Waals surface area contributed by atoms with E-state index in [-0.39, 0.29) is 5.16 Å². The lowest BCUT2D eigenvalue weighted by Gasteiger charge is -1.80. The second-order valence-electron chi connectivity index (χ2n) is 1.24. The van der Waals surface area contributed by atoms with Gasteiger partial charge >= 0.3 is 0 Å². The predicted molar refractivity (Wildman–Crippen MR) is 41.6 cm³/mol. The average molecular weight is 165 g/mol. The molecule has 0 aliphatic heterocycles. The van der Waals surface area contributed by atoms with Crippen LogP contribution in [0.4, 0.5) is 0 Å². The summed E-state index contributed by atoms with van der Waals surface area (Å²) in [5, 5.41) is 0.452. The van der Waals surface area contributed by atoms with Gasteiger partial charge in [-0.05, 0) is 0 Å². The van der Waals surface area contributed by atoms with Crippen LogP contribution in [0.1, 0.15) is 0 Å². The summed E-state index contributed by atoms with van der Waals surface area (Å²) in [7, 11) is 0. The van der Waals surface area contributed by atoms with Crippen molar-refractivity contribution >= 4 is 29.4 Å². The first-order valence-electron chi connectivity index (χ1n) is 2.11. The number of nitrogens with two attached hydrogens (primary N) is 1. The van der Waals surface area contributed by atoms with Gasteiger partial charge in [-0.2, -0.15) is 0 Å². The van der Waals surface area contributed by atoms with E-state index < -0.39 is 0 Å². The molecule has 0 unspecified atom stereocenters. The molecule has 0 fully saturated rings. The Kier molecular flexibility index (Phi) is 4.18. The number of hydrogen-bond acceptors (Lipinski definition) is 2. The van der Waals surface area contributed by atoms with Crippen LogP contribution < -0.4 is 5.73 Å². The van der Waals surface area contributed by atoms with E-state index in [0.717, 1.165) is 0 Å². The third-order valence-corrected chi connectivity index (χ3v) is 0.608. The van der Waals surface area contributed by atoms with E-state index >= 15 is 0 Å². The van der Waals surface area contributed by atoms with E-state index in [9.17, 15) is 0 Å². The van der Waals surface area contributed by atoms with Gasteiger partial charge in [-0.25, -0.2) is 0 Å². The van der Waals surface area contributed by atoms with Crippen LogP contribution in [-0.2, 0) is 0 Å². The van der Waals surface area contributed by atoms with Crippen molar-refractivity contribution < 1.29 is 0 Å². The van der Waals surface area contributed by atoms with Crippen LogP contribution in [0.25, 0.3) is 0 Å². The highest BCUT2D eigenvalue weighted by atomic mass is 35.5. The fourth-order valence-corrected chi connectivity index (χ4v) is 0.302. The molecule has 0 aromatic heterocycles. The molecule has 0 radical (unpaired) electrons. The van der Waals surface area contributed by atoms with Crippen LogP contribution in [0, 0.1) is 0 Å². The molecule has 0 aliphatic rings. The van der Waals surface area contributed by atoms with Gasteiger partial charge in [0.05, 0.1) is 11.2 Å². The van der Waals surface area contributed by atoms with Gasteiger partial charge in [0.1, 0.15) is 5.16 Å². The number of hydrogen-bond donors (Lipinski definition) is 1. The van der Waals surface area contributed by atoms with Gasteiger partial charge < -0.3 is 5.73 Å². The molecule has 0 saturated carbocycles. The van der Waals surface area contributed by atoms with Gasteiger partial charge in [-0.3, -0.25) is 4.99 Å². The third-order valence-electron chi connectivity index (χ3n) is 0.412. The topological polar surface area (TPSA) is 38.4 Å². The van der Waals surface area contributed by atoms with Crippen LogP contribution in [0.3, 0.4) is 0 Å². The molecule has 0 aromatic carbocycles. The minimum absolute atomic E-state index is 0.115. The molecule has 0 amide bonds. The minimum atomic E-state index is 0.115. The monoisotopic (exact) mass is 164 g/mol. The van der Waals surface area contributed by atoms with Crippen LogP contribution in [0.2, 0.25) is 0 Å². The lowest BCUT2D eigenvalue weighted by Crippen LogP contribution is -1.84. The molecule has 9 heavy (non-hydrogen) atoms. The molecule has 0 saturated heterocycles. The van der Waals surface area contributed by atoms with Crippen molar-refractivity contribution in [3.05, 3.63) is 23.0 Å². The molecule has 0 bridgehead atoms.